The molecule has 0 bridgehead atoms. The van der Waals surface area contributed by atoms with Crippen molar-refractivity contribution in [3.63, 3.8) is 0 Å². The van der Waals surface area contributed by atoms with Crippen molar-refractivity contribution in [3.05, 3.63) is 77.8 Å². The second-order valence-corrected chi connectivity index (χ2v) is 8.66. The highest BCUT2D eigenvalue weighted by Gasteiger charge is 2.46. The number of carbonyl (C=O) groups is 4. The van der Waals surface area contributed by atoms with Gasteiger partial charge in [0.05, 0.1) is 18.5 Å². The van der Waals surface area contributed by atoms with Crippen LogP contribution in [0.1, 0.15) is 0 Å². The molecule has 10 heteroatoms. The highest BCUT2D eigenvalue weighted by molar-refractivity contribution is 7.99. The fourth-order valence-corrected chi connectivity index (χ4v) is 4.25. The van der Waals surface area contributed by atoms with Gasteiger partial charge in [0.25, 0.3) is 0 Å². The van der Waals surface area contributed by atoms with Crippen LogP contribution in [0.25, 0.3) is 0 Å². The number of imide groups is 2. The van der Waals surface area contributed by atoms with Crippen molar-refractivity contribution in [2.75, 3.05) is 23.9 Å². The highest BCUT2D eigenvalue weighted by Crippen LogP contribution is 2.34. The minimum Gasteiger partial charge on any atom is -0.497 e. The lowest BCUT2D eigenvalue weighted by Crippen LogP contribution is -2.39. The van der Waals surface area contributed by atoms with E-state index in [1.54, 1.807) is 36.4 Å². The number of benzene rings is 3. The summed E-state index contributed by atoms with van der Waals surface area (Å²) in [6.07, 6.45) is 0. The maximum Gasteiger partial charge on any atom is 0.339 e. The number of anilines is 2. The molecule has 0 atom stereocenters. The van der Waals surface area contributed by atoms with Gasteiger partial charge in [0.2, 0.25) is 5.91 Å². The average Bonchev–Trinajstić information content (AvgIpc) is 3.05. The van der Waals surface area contributed by atoms with Gasteiger partial charge in [-0.1, -0.05) is 35.5 Å². The molecule has 8 nitrogen and oxygen atoms in total. The van der Waals surface area contributed by atoms with E-state index in [9.17, 15) is 19.2 Å². The first kappa shape index (κ1) is 23.3. The number of hydrogen-bond acceptors (Lipinski definition) is 6. The molecule has 4 rings (SSSR count). The normalized spacial score (nSPS) is 13.4. The van der Waals surface area contributed by atoms with Crippen LogP contribution >= 0.6 is 23.4 Å². The lowest BCUT2D eigenvalue weighted by molar-refractivity contribution is -0.140. The molecule has 5 amide bonds. The van der Waals surface area contributed by atoms with Crippen LogP contribution in [0.2, 0.25) is 5.02 Å². The monoisotopic (exact) mass is 495 g/mol. The Hall–Kier alpha value is -3.82. The number of nitrogens with one attached hydrogen (secondary N) is 1. The molecule has 0 aromatic heterocycles. The van der Waals surface area contributed by atoms with E-state index in [-0.39, 0.29) is 5.69 Å². The molecule has 0 radical (unpaired) electrons. The van der Waals surface area contributed by atoms with Crippen molar-refractivity contribution in [2.45, 2.75) is 9.79 Å². The van der Waals surface area contributed by atoms with E-state index in [1.165, 1.54) is 31.0 Å². The van der Waals surface area contributed by atoms with Crippen LogP contribution in [-0.4, -0.2) is 42.3 Å². The molecule has 34 heavy (non-hydrogen) atoms. The van der Waals surface area contributed by atoms with Gasteiger partial charge in [0.1, 0.15) is 12.3 Å². The number of rotatable bonds is 7. The molecule has 1 aliphatic heterocycles. The number of urea groups is 1. The summed E-state index contributed by atoms with van der Waals surface area (Å²) in [6.45, 7) is -0.601. The molecule has 1 saturated heterocycles. The minimum absolute atomic E-state index is 0.205. The Labute approximate surface area is 204 Å². The summed E-state index contributed by atoms with van der Waals surface area (Å²) in [5, 5.41) is 3.33. The van der Waals surface area contributed by atoms with Crippen LogP contribution < -0.4 is 15.0 Å². The summed E-state index contributed by atoms with van der Waals surface area (Å²) < 4.78 is 5.06. The van der Waals surface area contributed by atoms with Crippen LogP contribution in [0.15, 0.2) is 82.6 Å². The predicted octanol–water partition coefficient (Wildman–Crippen LogP) is 4.43. The van der Waals surface area contributed by atoms with E-state index in [2.05, 4.69) is 5.32 Å². The molecule has 0 saturated carbocycles. The Kier molecular flexibility index (Phi) is 6.85. The molecule has 3 aromatic rings. The number of halogens is 1. The van der Waals surface area contributed by atoms with E-state index in [4.69, 9.17) is 16.3 Å². The largest absolute Gasteiger partial charge is 0.497 e. The highest BCUT2D eigenvalue weighted by atomic mass is 35.5. The van der Waals surface area contributed by atoms with E-state index >= 15 is 0 Å². The predicted molar refractivity (Wildman–Crippen MR) is 128 cm³/mol. The lowest BCUT2D eigenvalue weighted by atomic mass is 10.3. The molecule has 1 aliphatic rings. The molecule has 172 valence electrons. The number of hydrogen-bond donors (Lipinski definition) is 1. The zero-order valence-electron chi connectivity index (χ0n) is 17.9. The Bertz CT molecular complexity index is 1260. The first-order chi connectivity index (χ1) is 16.4. The van der Waals surface area contributed by atoms with Crippen LogP contribution in [-0.2, 0) is 14.4 Å². The van der Waals surface area contributed by atoms with Gasteiger partial charge < -0.3 is 10.1 Å². The third-order valence-corrected chi connectivity index (χ3v) is 6.22. The molecular weight excluding hydrogens is 478 g/mol. The third-order valence-electron chi connectivity index (χ3n) is 4.89. The summed E-state index contributed by atoms with van der Waals surface area (Å²) in [5.74, 6) is -2.18. The van der Waals surface area contributed by atoms with Crippen LogP contribution in [0.3, 0.4) is 0 Å². The summed E-state index contributed by atoms with van der Waals surface area (Å²) in [5.41, 5.74) is 0.710. The number of amides is 5. The Morgan fingerprint density at radius 3 is 2.29 bits per heavy atom. The Morgan fingerprint density at radius 2 is 1.62 bits per heavy atom. The SMILES string of the molecule is COc1ccc(N2C(=O)C(=O)N(CC(=O)Nc3ccccc3Sc3ccc(Cl)cc3)C2=O)cc1. The number of methoxy groups -OCH3 is 1. The van der Waals surface area contributed by atoms with Crippen molar-refractivity contribution < 1.29 is 23.9 Å². The molecule has 0 unspecified atom stereocenters. The molecule has 0 aliphatic carbocycles. The molecule has 0 spiro atoms. The second-order valence-electron chi connectivity index (χ2n) is 7.11. The first-order valence-electron chi connectivity index (χ1n) is 10.0. The van der Waals surface area contributed by atoms with Gasteiger partial charge in [-0.2, -0.15) is 0 Å². The lowest BCUT2D eigenvalue weighted by Gasteiger charge is -2.16. The van der Waals surface area contributed by atoms with Gasteiger partial charge >= 0.3 is 17.8 Å². The van der Waals surface area contributed by atoms with Crippen molar-refractivity contribution in [1.29, 1.82) is 0 Å². The number of ether oxygens (including phenoxy) is 1. The van der Waals surface area contributed by atoms with Gasteiger partial charge in [-0.05, 0) is 60.7 Å². The van der Waals surface area contributed by atoms with Crippen molar-refractivity contribution in [1.82, 2.24) is 4.90 Å². The minimum atomic E-state index is -1.07. The fraction of sp³-hybridized carbons (Fsp3) is 0.0833. The van der Waals surface area contributed by atoms with Gasteiger partial charge in [-0.3, -0.25) is 14.4 Å². The summed E-state index contributed by atoms with van der Waals surface area (Å²) in [4.78, 5) is 53.4. The van der Waals surface area contributed by atoms with E-state index in [0.29, 0.717) is 21.4 Å². The van der Waals surface area contributed by atoms with E-state index in [0.717, 1.165) is 14.7 Å². The molecule has 3 aromatic carbocycles. The van der Waals surface area contributed by atoms with E-state index in [1.807, 2.05) is 24.3 Å². The molecular formula is C24H18ClN3O5S. The van der Waals surface area contributed by atoms with Gasteiger partial charge in [0.15, 0.2) is 0 Å². The quantitative estimate of drug-likeness (QED) is 0.384. The van der Waals surface area contributed by atoms with Crippen LogP contribution in [0.4, 0.5) is 16.2 Å². The second kappa shape index (κ2) is 9.98. The zero-order chi connectivity index (χ0) is 24.2. The van der Waals surface area contributed by atoms with Crippen LogP contribution in [0.5, 0.6) is 5.75 Å². The van der Waals surface area contributed by atoms with Crippen molar-refractivity contribution >= 4 is 58.5 Å². The summed E-state index contributed by atoms with van der Waals surface area (Å²) in [6, 6.07) is 19.5. The van der Waals surface area contributed by atoms with Crippen molar-refractivity contribution in [3.8, 4) is 5.75 Å². The standard InChI is InChI=1S/C24H18ClN3O5S/c1-33-17-10-8-16(9-11-17)28-23(31)22(30)27(24(28)32)14-21(29)26-19-4-2-3-5-20(19)34-18-12-6-15(25)7-13-18/h2-13H,14H2,1H3,(H,26,29). The van der Waals surface area contributed by atoms with Crippen molar-refractivity contribution in [2.24, 2.45) is 0 Å². The van der Waals surface area contributed by atoms with Gasteiger partial charge in [-0.25, -0.2) is 14.6 Å². The fourth-order valence-electron chi connectivity index (χ4n) is 3.23. The van der Waals surface area contributed by atoms with Crippen LogP contribution in [0, 0.1) is 0 Å². The number of para-hydroxylation sites is 1. The number of carbonyl (C=O) groups excluding carboxylic acids is 4. The Morgan fingerprint density at radius 1 is 0.941 bits per heavy atom. The third kappa shape index (κ3) is 4.90. The zero-order valence-corrected chi connectivity index (χ0v) is 19.4. The molecule has 1 heterocycles. The molecule has 1 N–H and O–H groups in total. The topological polar surface area (TPSA) is 96.0 Å². The average molecular weight is 496 g/mol. The first-order valence-corrected chi connectivity index (χ1v) is 11.2. The summed E-state index contributed by atoms with van der Waals surface area (Å²) in [7, 11) is 1.48. The molecule has 1 fully saturated rings. The van der Waals surface area contributed by atoms with E-state index < -0.39 is 30.3 Å². The number of nitrogens with zero attached hydrogens (tertiary/aromatic N) is 2. The maximum atomic E-state index is 12.8. The van der Waals surface area contributed by atoms with Gasteiger partial charge in [0, 0.05) is 14.8 Å². The smallest absolute Gasteiger partial charge is 0.339 e. The Balaban J connectivity index is 1.47. The maximum absolute atomic E-state index is 12.8. The summed E-state index contributed by atoms with van der Waals surface area (Å²) >= 11 is 7.35. The van der Waals surface area contributed by atoms with Gasteiger partial charge in [-0.15, -0.1) is 0 Å².